The molecule has 0 saturated carbocycles. The Hall–Kier alpha value is -1.38. The highest BCUT2D eigenvalue weighted by Crippen LogP contribution is 2.19. The molecule has 1 atom stereocenters. The number of piperidine rings is 1. The highest BCUT2D eigenvalue weighted by Gasteiger charge is 2.25. The van der Waals surface area contributed by atoms with E-state index in [0.717, 1.165) is 31.5 Å². The van der Waals surface area contributed by atoms with Crippen molar-refractivity contribution < 1.29 is 4.79 Å². The number of fused-ring (bicyclic) bond motifs is 1. The van der Waals surface area contributed by atoms with Gasteiger partial charge in [-0.15, -0.1) is 23.1 Å². The van der Waals surface area contributed by atoms with Gasteiger partial charge in [-0.2, -0.15) is 0 Å². The van der Waals surface area contributed by atoms with Gasteiger partial charge in [0, 0.05) is 42.5 Å². The summed E-state index contributed by atoms with van der Waals surface area (Å²) >= 11 is 2.94. The molecule has 0 aromatic carbocycles. The lowest BCUT2D eigenvalue weighted by molar-refractivity contribution is -0.131. The number of amides is 1. The van der Waals surface area contributed by atoms with Crippen LogP contribution in [-0.2, 0) is 10.5 Å². The van der Waals surface area contributed by atoms with Crippen LogP contribution < -0.4 is 11.3 Å². The molecule has 2 aromatic rings. The van der Waals surface area contributed by atoms with E-state index in [2.05, 4.69) is 4.98 Å². The van der Waals surface area contributed by atoms with Crippen LogP contribution in [0.4, 0.5) is 0 Å². The standard InChI is InChI=1S/C15H20N4O2S2/c16-8-12-3-1-2-4-18(12)14(21)10-22-9-11-7-13(20)19-5-6-23-15(19)17-11/h5-7,12H,1-4,8-10,16H2. The summed E-state index contributed by atoms with van der Waals surface area (Å²) in [6.07, 6.45) is 4.92. The van der Waals surface area contributed by atoms with Crippen molar-refractivity contribution in [1.82, 2.24) is 14.3 Å². The van der Waals surface area contributed by atoms with Crippen molar-refractivity contribution in [2.75, 3.05) is 18.8 Å². The first-order chi connectivity index (χ1) is 11.2. The molecule has 0 aliphatic carbocycles. The average molecular weight is 352 g/mol. The SMILES string of the molecule is NCC1CCCCN1C(=O)CSCc1cc(=O)n2ccsc2n1. The first-order valence-electron chi connectivity index (χ1n) is 7.72. The largest absolute Gasteiger partial charge is 0.338 e. The minimum atomic E-state index is -0.0718. The minimum Gasteiger partial charge on any atom is -0.338 e. The number of carbonyl (C=O) groups is 1. The van der Waals surface area contributed by atoms with Crippen molar-refractivity contribution in [3.8, 4) is 0 Å². The fraction of sp³-hybridized carbons (Fsp3) is 0.533. The van der Waals surface area contributed by atoms with Crippen molar-refractivity contribution in [3.05, 3.63) is 33.7 Å². The van der Waals surface area contributed by atoms with Crippen LogP contribution in [0.15, 0.2) is 22.4 Å². The number of likely N-dealkylation sites (tertiary alicyclic amines) is 1. The molecule has 8 heteroatoms. The topological polar surface area (TPSA) is 80.7 Å². The number of nitrogens with zero attached hydrogens (tertiary/aromatic N) is 3. The lowest BCUT2D eigenvalue weighted by Crippen LogP contribution is -2.48. The van der Waals surface area contributed by atoms with Gasteiger partial charge in [0.1, 0.15) is 0 Å². The Kier molecular flexibility index (Phi) is 5.34. The number of thiazole rings is 1. The van der Waals surface area contributed by atoms with Crippen LogP contribution in [0.25, 0.3) is 4.96 Å². The van der Waals surface area contributed by atoms with Crippen LogP contribution >= 0.6 is 23.1 Å². The highest BCUT2D eigenvalue weighted by atomic mass is 32.2. The lowest BCUT2D eigenvalue weighted by atomic mass is 10.0. The van der Waals surface area contributed by atoms with Crippen molar-refractivity contribution in [1.29, 1.82) is 0 Å². The molecule has 0 spiro atoms. The fourth-order valence-corrected chi connectivity index (χ4v) is 4.40. The highest BCUT2D eigenvalue weighted by molar-refractivity contribution is 7.99. The third kappa shape index (κ3) is 3.76. The Bertz CT molecular complexity index is 742. The lowest BCUT2D eigenvalue weighted by Gasteiger charge is -2.35. The van der Waals surface area contributed by atoms with Crippen LogP contribution in [0.2, 0.25) is 0 Å². The van der Waals surface area contributed by atoms with Gasteiger partial charge in [-0.3, -0.25) is 14.0 Å². The molecule has 2 aromatic heterocycles. The molecule has 3 rings (SSSR count). The second-order valence-electron chi connectivity index (χ2n) is 5.61. The third-order valence-corrected chi connectivity index (χ3v) is 5.76. The Labute approximate surface area is 142 Å². The molecule has 124 valence electrons. The molecule has 1 saturated heterocycles. The summed E-state index contributed by atoms with van der Waals surface area (Å²) in [4.78, 5) is 31.3. The molecule has 2 N–H and O–H groups in total. The van der Waals surface area contributed by atoms with Crippen LogP contribution in [-0.4, -0.2) is 45.1 Å². The number of nitrogens with two attached hydrogens (primary N) is 1. The van der Waals surface area contributed by atoms with Gasteiger partial charge in [0.2, 0.25) is 5.91 Å². The van der Waals surface area contributed by atoms with E-state index in [0.29, 0.717) is 23.0 Å². The van der Waals surface area contributed by atoms with Crippen molar-refractivity contribution in [2.24, 2.45) is 5.73 Å². The van der Waals surface area contributed by atoms with Gasteiger partial charge in [0.05, 0.1) is 11.4 Å². The summed E-state index contributed by atoms with van der Waals surface area (Å²) in [6, 6.07) is 1.72. The van der Waals surface area contributed by atoms with E-state index in [4.69, 9.17) is 5.73 Å². The van der Waals surface area contributed by atoms with Gasteiger partial charge >= 0.3 is 0 Å². The van der Waals surface area contributed by atoms with E-state index in [9.17, 15) is 9.59 Å². The molecule has 1 aliphatic heterocycles. The van der Waals surface area contributed by atoms with E-state index >= 15 is 0 Å². The molecular weight excluding hydrogens is 332 g/mol. The maximum Gasteiger partial charge on any atom is 0.258 e. The van der Waals surface area contributed by atoms with E-state index < -0.39 is 0 Å². The second-order valence-corrected chi connectivity index (χ2v) is 7.47. The van der Waals surface area contributed by atoms with E-state index in [1.165, 1.54) is 27.5 Å². The average Bonchev–Trinajstić information content (AvgIpc) is 3.04. The number of thioether (sulfide) groups is 1. The number of carbonyl (C=O) groups excluding carboxylic acids is 1. The summed E-state index contributed by atoms with van der Waals surface area (Å²) in [5.41, 5.74) is 6.42. The number of hydrogen-bond donors (Lipinski definition) is 1. The molecule has 0 radical (unpaired) electrons. The van der Waals surface area contributed by atoms with Crippen molar-refractivity contribution in [3.63, 3.8) is 0 Å². The predicted molar refractivity (Wildman–Crippen MR) is 93.9 cm³/mol. The third-order valence-electron chi connectivity index (χ3n) is 4.05. The first-order valence-corrected chi connectivity index (χ1v) is 9.75. The molecule has 1 aliphatic rings. The van der Waals surface area contributed by atoms with Gasteiger partial charge in [0.15, 0.2) is 4.96 Å². The second kappa shape index (κ2) is 7.46. The monoisotopic (exact) mass is 352 g/mol. The van der Waals surface area contributed by atoms with E-state index in [-0.39, 0.29) is 17.5 Å². The van der Waals surface area contributed by atoms with Crippen LogP contribution in [0, 0.1) is 0 Å². The smallest absolute Gasteiger partial charge is 0.258 e. The fourth-order valence-electron chi connectivity index (χ4n) is 2.86. The zero-order chi connectivity index (χ0) is 16.2. The summed E-state index contributed by atoms with van der Waals surface area (Å²) in [6.45, 7) is 1.34. The normalized spacial score (nSPS) is 18.5. The zero-order valence-corrected chi connectivity index (χ0v) is 14.4. The van der Waals surface area contributed by atoms with Gasteiger partial charge in [-0.25, -0.2) is 4.98 Å². The molecule has 1 unspecified atom stereocenters. The molecular formula is C15H20N4O2S2. The van der Waals surface area contributed by atoms with Gasteiger partial charge in [-0.1, -0.05) is 0 Å². The van der Waals surface area contributed by atoms with E-state index in [1.807, 2.05) is 10.3 Å². The van der Waals surface area contributed by atoms with Crippen LogP contribution in [0.5, 0.6) is 0 Å². The predicted octanol–water partition coefficient (Wildman–Crippen LogP) is 1.33. The Balaban J connectivity index is 1.57. The number of hydrogen-bond acceptors (Lipinski definition) is 6. The summed E-state index contributed by atoms with van der Waals surface area (Å²) in [5, 5.41) is 1.84. The maximum atomic E-state index is 12.4. The first kappa shape index (κ1) is 16.5. The molecule has 1 amide bonds. The van der Waals surface area contributed by atoms with Gasteiger partial charge in [-0.05, 0) is 19.3 Å². The van der Waals surface area contributed by atoms with Gasteiger partial charge in [0.25, 0.3) is 5.56 Å². The molecule has 23 heavy (non-hydrogen) atoms. The molecule has 0 bridgehead atoms. The Morgan fingerprint density at radius 2 is 2.35 bits per heavy atom. The van der Waals surface area contributed by atoms with Gasteiger partial charge < -0.3 is 10.6 Å². The zero-order valence-electron chi connectivity index (χ0n) is 12.8. The molecule has 6 nitrogen and oxygen atoms in total. The Morgan fingerprint density at radius 3 is 3.17 bits per heavy atom. The van der Waals surface area contributed by atoms with Crippen molar-refractivity contribution in [2.45, 2.75) is 31.1 Å². The number of aromatic nitrogens is 2. The van der Waals surface area contributed by atoms with Crippen molar-refractivity contribution >= 4 is 34.0 Å². The quantitative estimate of drug-likeness (QED) is 0.878. The molecule has 3 heterocycles. The number of rotatable bonds is 5. The maximum absolute atomic E-state index is 12.4. The summed E-state index contributed by atoms with van der Waals surface area (Å²) < 4.78 is 1.53. The van der Waals surface area contributed by atoms with Crippen LogP contribution in [0.1, 0.15) is 25.0 Å². The summed E-state index contributed by atoms with van der Waals surface area (Å²) in [7, 11) is 0. The van der Waals surface area contributed by atoms with E-state index in [1.54, 1.807) is 12.3 Å². The minimum absolute atomic E-state index is 0.0718. The molecule has 1 fully saturated rings. The summed E-state index contributed by atoms with van der Waals surface area (Å²) in [5.74, 6) is 1.11. The Morgan fingerprint density at radius 1 is 1.48 bits per heavy atom. The van der Waals surface area contributed by atoms with Crippen LogP contribution in [0.3, 0.4) is 0 Å².